The van der Waals surface area contributed by atoms with Crippen LogP contribution in [-0.2, 0) is 4.79 Å². The Bertz CT molecular complexity index is 391. The molecule has 1 aromatic carbocycles. The van der Waals surface area contributed by atoms with E-state index >= 15 is 0 Å². The second-order valence-electron chi connectivity index (χ2n) is 4.62. The maximum Gasteiger partial charge on any atom is 0.239 e. The number of hydrogen-bond acceptors (Lipinski definition) is 2. The van der Waals surface area contributed by atoms with Crippen molar-refractivity contribution in [2.24, 2.45) is 0 Å². The van der Waals surface area contributed by atoms with Crippen LogP contribution >= 0.6 is 0 Å². The van der Waals surface area contributed by atoms with Gasteiger partial charge in [-0.2, -0.15) is 0 Å². The van der Waals surface area contributed by atoms with Gasteiger partial charge in [-0.05, 0) is 32.4 Å². The summed E-state index contributed by atoms with van der Waals surface area (Å²) in [6, 6.07) is 6.30. The van der Waals surface area contributed by atoms with Crippen molar-refractivity contribution in [2.75, 3.05) is 11.9 Å². The van der Waals surface area contributed by atoms with Crippen LogP contribution in [0.1, 0.15) is 27.2 Å². The Morgan fingerprint density at radius 1 is 1.35 bits per heavy atom. The van der Waals surface area contributed by atoms with E-state index in [0.29, 0.717) is 5.69 Å². The summed E-state index contributed by atoms with van der Waals surface area (Å²) in [5.74, 6) is -0.491. The molecule has 0 saturated carbocycles. The predicted molar refractivity (Wildman–Crippen MR) is 67.4 cm³/mol. The second kappa shape index (κ2) is 5.66. The van der Waals surface area contributed by atoms with E-state index in [4.69, 9.17) is 0 Å². The van der Waals surface area contributed by atoms with Crippen molar-refractivity contribution in [3.8, 4) is 0 Å². The van der Waals surface area contributed by atoms with E-state index in [0.717, 1.165) is 6.42 Å². The normalized spacial score (nSPS) is 11.1. The SMILES string of the molecule is CCC(C)(C)NC(=O)CNc1ccccc1F. The first-order chi connectivity index (χ1) is 7.94. The number of rotatable bonds is 5. The molecule has 0 aliphatic rings. The van der Waals surface area contributed by atoms with Gasteiger partial charge in [0.15, 0.2) is 0 Å². The van der Waals surface area contributed by atoms with Crippen LogP contribution in [0.2, 0.25) is 0 Å². The molecule has 1 aromatic rings. The number of amides is 1. The maximum absolute atomic E-state index is 13.2. The zero-order chi connectivity index (χ0) is 12.9. The van der Waals surface area contributed by atoms with Crippen LogP contribution < -0.4 is 10.6 Å². The summed E-state index contributed by atoms with van der Waals surface area (Å²) < 4.78 is 13.2. The summed E-state index contributed by atoms with van der Waals surface area (Å²) in [7, 11) is 0. The van der Waals surface area contributed by atoms with Crippen molar-refractivity contribution in [1.29, 1.82) is 0 Å². The van der Waals surface area contributed by atoms with Gasteiger partial charge in [0.25, 0.3) is 0 Å². The fraction of sp³-hybridized carbons (Fsp3) is 0.462. The fourth-order valence-corrected chi connectivity index (χ4v) is 1.29. The van der Waals surface area contributed by atoms with Crippen molar-refractivity contribution in [3.05, 3.63) is 30.1 Å². The van der Waals surface area contributed by atoms with Gasteiger partial charge in [-0.1, -0.05) is 19.1 Å². The topological polar surface area (TPSA) is 41.1 Å². The van der Waals surface area contributed by atoms with Crippen molar-refractivity contribution in [3.63, 3.8) is 0 Å². The molecule has 0 unspecified atom stereocenters. The van der Waals surface area contributed by atoms with Gasteiger partial charge in [-0.3, -0.25) is 4.79 Å². The Morgan fingerprint density at radius 2 is 2.00 bits per heavy atom. The molecule has 0 radical (unpaired) electrons. The first-order valence-corrected chi connectivity index (χ1v) is 5.74. The number of hydrogen-bond donors (Lipinski definition) is 2. The quantitative estimate of drug-likeness (QED) is 0.827. The van der Waals surface area contributed by atoms with Gasteiger partial charge in [-0.15, -0.1) is 0 Å². The summed E-state index contributed by atoms with van der Waals surface area (Å²) in [6.07, 6.45) is 0.846. The van der Waals surface area contributed by atoms with Gasteiger partial charge in [-0.25, -0.2) is 4.39 Å². The molecule has 0 fully saturated rings. The minimum Gasteiger partial charge on any atom is -0.374 e. The molecule has 1 rings (SSSR count). The van der Waals surface area contributed by atoms with Crippen LogP contribution in [0.5, 0.6) is 0 Å². The number of carbonyl (C=O) groups excluding carboxylic acids is 1. The summed E-state index contributed by atoms with van der Waals surface area (Å²) in [4.78, 5) is 11.6. The second-order valence-corrected chi connectivity index (χ2v) is 4.62. The predicted octanol–water partition coefficient (Wildman–Crippen LogP) is 2.54. The number of anilines is 1. The lowest BCUT2D eigenvalue weighted by molar-refractivity contribution is -0.121. The highest BCUT2D eigenvalue weighted by Crippen LogP contribution is 2.12. The molecule has 0 bridgehead atoms. The highest BCUT2D eigenvalue weighted by atomic mass is 19.1. The average Bonchev–Trinajstić information content (AvgIpc) is 2.27. The Hall–Kier alpha value is -1.58. The summed E-state index contributed by atoms with van der Waals surface area (Å²) in [6.45, 7) is 5.98. The monoisotopic (exact) mass is 238 g/mol. The van der Waals surface area contributed by atoms with Crippen LogP contribution in [0.15, 0.2) is 24.3 Å². The van der Waals surface area contributed by atoms with Crippen LogP contribution in [0.3, 0.4) is 0 Å². The molecule has 0 aliphatic heterocycles. The zero-order valence-electron chi connectivity index (χ0n) is 10.5. The maximum atomic E-state index is 13.2. The largest absolute Gasteiger partial charge is 0.374 e. The molecule has 0 spiro atoms. The number of benzene rings is 1. The number of nitrogens with one attached hydrogen (secondary N) is 2. The van der Waals surface area contributed by atoms with Crippen molar-refractivity contribution in [1.82, 2.24) is 5.32 Å². The Morgan fingerprint density at radius 3 is 2.59 bits per heavy atom. The lowest BCUT2D eigenvalue weighted by atomic mass is 10.0. The average molecular weight is 238 g/mol. The first kappa shape index (κ1) is 13.5. The summed E-state index contributed by atoms with van der Waals surface area (Å²) >= 11 is 0. The third-order valence-corrected chi connectivity index (χ3v) is 2.67. The minimum absolute atomic E-state index is 0.0738. The summed E-state index contributed by atoms with van der Waals surface area (Å²) in [5.41, 5.74) is 0.116. The Labute approximate surface area is 101 Å². The molecule has 3 nitrogen and oxygen atoms in total. The smallest absolute Gasteiger partial charge is 0.239 e. The molecular weight excluding hydrogens is 219 g/mol. The molecule has 0 saturated heterocycles. The molecular formula is C13H19FN2O. The molecule has 17 heavy (non-hydrogen) atoms. The van der Waals surface area contributed by atoms with Gasteiger partial charge >= 0.3 is 0 Å². The van der Waals surface area contributed by atoms with E-state index in [1.807, 2.05) is 20.8 Å². The van der Waals surface area contributed by atoms with Gasteiger partial charge < -0.3 is 10.6 Å². The minimum atomic E-state index is -0.352. The standard InChI is InChI=1S/C13H19FN2O/c1-4-13(2,3)16-12(17)9-15-11-8-6-5-7-10(11)14/h5-8,15H,4,9H2,1-3H3,(H,16,17). The number of halogens is 1. The summed E-state index contributed by atoms with van der Waals surface area (Å²) in [5, 5.41) is 5.64. The van der Waals surface area contributed by atoms with Crippen molar-refractivity contribution < 1.29 is 9.18 Å². The van der Waals surface area contributed by atoms with E-state index in [2.05, 4.69) is 10.6 Å². The zero-order valence-corrected chi connectivity index (χ0v) is 10.5. The molecule has 0 atom stereocenters. The van der Waals surface area contributed by atoms with E-state index in [-0.39, 0.29) is 23.8 Å². The van der Waals surface area contributed by atoms with Gasteiger partial charge in [0.05, 0.1) is 12.2 Å². The lowest BCUT2D eigenvalue weighted by Gasteiger charge is -2.24. The van der Waals surface area contributed by atoms with Crippen LogP contribution in [0, 0.1) is 5.82 Å². The molecule has 4 heteroatoms. The van der Waals surface area contributed by atoms with Crippen LogP contribution in [0.4, 0.5) is 10.1 Å². The van der Waals surface area contributed by atoms with E-state index in [1.165, 1.54) is 6.07 Å². The van der Waals surface area contributed by atoms with E-state index in [9.17, 15) is 9.18 Å². The molecule has 94 valence electrons. The van der Waals surface area contributed by atoms with Crippen molar-refractivity contribution >= 4 is 11.6 Å². The van der Waals surface area contributed by atoms with Crippen LogP contribution in [-0.4, -0.2) is 18.0 Å². The van der Waals surface area contributed by atoms with Crippen molar-refractivity contribution in [2.45, 2.75) is 32.7 Å². The highest BCUT2D eigenvalue weighted by molar-refractivity contribution is 5.81. The van der Waals surface area contributed by atoms with E-state index in [1.54, 1.807) is 18.2 Å². The van der Waals surface area contributed by atoms with Gasteiger partial charge in [0.2, 0.25) is 5.91 Å². The highest BCUT2D eigenvalue weighted by Gasteiger charge is 2.17. The number of carbonyl (C=O) groups is 1. The molecule has 0 heterocycles. The lowest BCUT2D eigenvalue weighted by Crippen LogP contribution is -2.45. The van der Waals surface area contributed by atoms with Crippen LogP contribution in [0.25, 0.3) is 0 Å². The molecule has 0 aliphatic carbocycles. The van der Waals surface area contributed by atoms with E-state index < -0.39 is 0 Å². The third-order valence-electron chi connectivity index (χ3n) is 2.67. The van der Waals surface area contributed by atoms with Gasteiger partial charge in [0, 0.05) is 5.54 Å². The fourth-order valence-electron chi connectivity index (χ4n) is 1.29. The first-order valence-electron chi connectivity index (χ1n) is 5.74. The number of para-hydroxylation sites is 1. The molecule has 0 aromatic heterocycles. The third kappa shape index (κ3) is 4.43. The van der Waals surface area contributed by atoms with Gasteiger partial charge in [0.1, 0.15) is 5.82 Å². The molecule has 1 amide bonds. The Balaban J connectivity index is 2.47. The molecule has 2 N–H and O–H groups in total. The Kier molecular flexibility index (Phi) is 4.49.